The molecule has 7 nitrogen and oxygen atoms in total. The monoisotopic (exact) mass is 341 g/mol. The fourth-order valence-electron chi connectivity index (χ4n) is 2.65. The van der Waals surface area contributed by atoms with E-state index in [1.807, 2.05) is 25.2 Å². The zero-order chi connectivity index (χ0) is 17.8. The van der Waals surface area contributed by atoms with E-state index in [9.17, 15) is 0 Å². The molecule has 0 aliphatic heterocycles. The molecule has 0 saturated carbocycles. The van der Waals surface area contributed by atoms with Crippen molar-refractivity contribution in [3.05, 3.63) is 36.3 Å². The van der Waals surface area contributed by atoms with Crippen LogP contribution >= 0.6 is 0 Å². The fraction of sp³-hybridized carbons (Fsp3) is 0.389. The molecule has 0 unspecified atom stereocenters. The van der Waals surface area contributed by atoms with E-state index in [-0.39, 0.29) is 6.04 Å². The minimum absolute atomic E-state index is 0.0347. The van der Waals surface area contributed by atoms with Gasteiger partial charge >= 0.3 is 0 Å². The maximum atomic E-state index is 5.71. The summed E-state index contributed by atoms with van der Waals surface area (Å²) < 4.78 is 12.9. The van der Waals surface area contributed by atoms with E-state index >= 15 is 0 Å². The average Bonchev–Trinajstić information content (AvgIpc) is 3.02. The largest absolute Gasteiger partial charge is 0.493 e. The van der Waals surface area contributed by atoms with Gasteiger partial charge in [0.25, 0.3) is 0 Å². The molecule has 0 spiro atoms. The maximum Gasteiger partial charge on any atom is 0.163 e. The lowest BCUT2D eigenvalue weighted by Gasteiger charge is -2.18. The van der Waals surface area contributed by atoms with E-state index in [1.165, 1.54) is 0 Å². The molecule has 0 bridgehead atoms. The lowest BCUT2D eigenvalue weighted by atomic mass is 10.1. The quantitative estimate of drug-likeness (QED) is 0.710. The summed E-state index contributed by atoms with van der Waals surface area (Å²) in [6.45, 7) is 4.82. The molecule has 3 rings (SSSR count). The number of rotatable bonds is 7. The second-order valence-corrected chi connectivity index (χ2v) is 5.85. The molecule has 25 heavy (non-hydrogen) atoms. The van der Waals surface area contributed by atoms with Crippen molar-refractivity contribution in [2.24, 2.45) is 7.05 Å². The highest BCUT2D eigenvalue weighted by molar-refractivity contribution is 5.86. The number of methoxy groups -OCH3 is 1. The number of benzene rings is 1. The molecule has 2 heterocycles. The van der Waals surface area contributed by atoms with Crippen molar-refractivity contribution >= 4 is 16.9 Å². The number of ether oxygens (including phenoxy) is 2. The molecular weight excluding hydrogens is 318 g/mol. The number of hydrogen-bond donors (Lipinski definition) is 1. The van der Waals surface area contributed by atoms with Gasteiger partial charge in [0.05, 0.1) is 31.3 Å². The van der Waals surface area contributed by atoms with Crippen LogP contribution in [-0.4, -0.2) is 33.5 Å². The van der Waals surface area contributed by atoms with Gasteiger partial charge in [-0.25, -0.2) is 9.97 Å². The Hall–Kier alpha value is -2.83. The van der Waals surface area contributed by atoms with Gasteiger partial charge < -0.3 is 14.8 Å². The van der Waals surface area contributed by atoms with Crippen LogP contribution in [-0.2, 0) is 7.05 Å². The lowest BCUT2D eigenvalue weighted by molar-refractivity contribution is 0.294. The van der Waals surface area contributed by atoms with Crippen molar-refractivity contribution in [2.75, 3.05) is 19.0 Å². The third-order valence-electron chi connectivity index (χ3n) is 4.03. The standard InChI is InChI=1S/C18H23N5O2/c1-5-8-25-15-7-6-13(9-16(15)24-4)12(2)22-17-14-10-21-23(3)18(14)20-11-19-17/h6-7,9-12H,5,8H2,1-4H3,(H,19,20,22)/t12-/m0/s1. The van der Waals surface area contributed by atoms with Crippen LogP contribution in [0.5, 0.6) is 11.5 Å². The summed E-state index contributed by atoms with van der Waals surface area (Å²) in [5.74, 6) is 2.25. The van der Waals surface area contributed by atoms with Gasteiger partial charge in [-0.15, -0.1) is 0 Å². The summed E-state index contributed by atoms with van der Waals surface area (Å²) in [4.78, 5) is 8.62. The van der Waals surface area contributed by atoms with Crippen molar-refractivity contribution in [1.29, 1.82) is 0 Å². The molecule has 0 amide bonds. The van der Waals surface area contributed by atoms with E-state index in [0.717, 1.165) is 40.3 Å². The van der Waals surface area contributed by atoms with Crippen LogP contribution in [0.1, 0.15) is 31.9 Å². The molecule has 0 saturated heterocycles. The van der Waals surface area contributed by atoms with E-state index in [0.29, 0.717) is 6.61 Å². The smallest absolute Gasteiger partial charge is 0.163 e. The number of anilines is 1. The second-order valence-electron chi connectivity index (χ2n) is 5.85. The molecule has 0 radical (unpaired) electrons. The first-order valence-corrected chi connectivity index (χ1v) is 8.34. The number of fused-ring (bicyclic) bond motifs is 1. The highest BCUT2D eigenvalue weighted by Gasteiger charge is 2.14. The third-order valence-corrected chi connectivity index (χ3v) is 4.03. The van der Waals surface area contributed by atoms with Crippen LogP contribution in [0.2, 0.25) is 0 Å². The fourth-order valence-corrected chi connectivity index (χ4v) is 2.65. The van der Waals surface area contributed by atoms with E-state index in [4.69, 9.17) is 9.47 Å². The van der Waals surface area contributed by atoms with Crippen LogP contribution in [0, 0.1) is 0 Å². The van der Waals surface area contributed by atoms with E-state index in [1.54, 1.807) is 24.3 Å². The van der Waals surface area contributed by atoms with E-state index < -0.39 is 0 Å². The van der Waals surface area contributed by atoms with Crippen LogP contribution in [0.4, 0.5) is 5.82 Å². The Kier molecular flexibility index (Phi) is 5.02. The highest BCUT2D eigenvalue weighted by Crippen LogP contribution is 2.32. The maximum absolute atomic E-state index is 5.71. The van der Waals surface area contributed by atoms with Crippen LogP contribution < -0.4 is 14.8 Å². The summed E-state index contributed by atoms with van der Waals surface area (Å²) >= 11 is 0. The summed E-state index contributed by atoms with van der Waals surface area (Å²) in [6.07, 6.45) is 4.27. The van der Waals surface area contributed by atoms with Gasteiger partial charge in [0.1, 0.15) is 12.1 Å². The second kappa shape index (κ2) is 7.38. The summed E-state index contributed by atoms with van der Waals surface area (Å²) in [5, 5.41) is 8.56. The first-order valence-electron chi connectivity index (χ1n) is 8.34. The van der Waals surface area contributed by atoms with Crippen molar-refractivity contribution in [2.45, 2.75) is 26.3 Å². The Bertz CT molecular complexity index is 862. The average molecular weight is 341 g/mol. The van der Waals surface area contributed by atoms with Crippen LogP contribution in [0.3, 0.4) is 0 Å². The molecule has 7 heteroatoms. The van der Waals surface area contributed by atoms with Crippen molar-refractivity contribution in [1.82, 2.24) is 19.7 Å². The topological polar surface area (TPSA) is 74.1 Å². The molecule has 1 atom stereocenters. The Morgan fingerprint density at radius 2 is 2.08 bits per heavy atom. The molecule has 2 aromatic heterocycles. The predicted molar refractivity (Wildman–Crippen MR) is 97.1 cm³/mol. The molecular formula is C18H23N5O2. The number of hydrogen-bond acceptors (Lipinski definition) is 6. The van der Waals surface area contributed by atoms with Gasteiger partial charge in [-0.3, -0.25) is 4.68 Å². The molecule has 0 aliphatic rings. The Morgan fingerprint density at radius 1 is 1.24 bits per heavy atom. The number of aromatic nitrogens is 4. The molecule has 3 aromatic rings. The normalized spacial score (nSPS) is 12.2. The predicted octanol–water partition coefficient (Wildman–Crippen LogP) is 3.33. The van der Waals surface area contributed by atoms with Crippen molar-refractivity contribution in [3.63, 3.8) is 0 Å². The summed E-state index contributed by atoms with van der Waals surface area (Å²) in [7, 11) is 3.52. The molecule has 132 valence electrons. The van der Waals surface area contributed by atoms with Gasteiger partial charge in [0.15, 0.2) is 17.1 Å². The Labute approximate surface area is 147 Å². The number of nitrogens with one attached hydrogen (secondary N) is 1. The van der Waals surface area contributed by atoms with Gasteiger partial charge in [-0.05, 0) is 31.0 Å². The third kappa shape index (κ3) is 3.50. The number of nitrogens with zero attached hydrogens (tertiary/aromatic N) is 4. The van der Waals surface area contributed by atoms with Gasteiger partial charge in [0, 0.05) is 7.05 Å². The SMILES string of the molecule is CCCOc1ccc([C@H](C)Nc2ncnc3c2cnn3C)cc1OC. The van der Waals surface area contributed by atoms with Crippen molar-refractivity contribution in [3.8, 4) is 11.5 Å². The highest BCUT2D eigenvalue weighted by atomic mass is 16.5. The molecule has 0 fully saturated rings. The van der Waals surface area contributed by atoms with Crippen LogP contribution in [0.15, 0.2) is 30.7 Å². The lowest BCUT2D eigenvalue weighted by Crippen LogP contribution is -2.09. The zero-order valence-corrected chi connectivity index (χ0v) is 15.0. The van der Waals surface area contributed by atoms with Crippen molar-refractivity contribution < 1.29 is 9.47 Å². The summed E-state index contributed by atoms with van der Waals surface area (Å²) in [5.41, 5.74) is 1.88. The van der Waals surface area contributed by atoms with E-state index in [2.05, 4.69) is 34.2 Å². The first kappa shape index (κ1) is 17.0. The minimum Gasteiger partial charge on any atom is -0.493 e. The minimum atomic E-state index is 0.0347. The van der Waals surface area contributed by atoms with Gasteiger partial charge in [-0.1, -0.05) is 13.0 Å². The first-order chi connectivity index (χ1) is 12.1. The van der Waals surface area contributed by atoms with Gasteiger partial charge in [-0.2, -0.15) is 5.10 Å². The molecule has 1 N–H and O–H groups in total. The zero-order valence-electron chi connectivity index (χ0n) is 15.0. The van der Waals surface area contributed by atoms with Gasteiger partial charge in [0.2, 0.25) is 0 Å². The van der Waals surface area contributed by atoms with Crippen LogP contribution in [0.25, 0.3) is 11.0 Å². The Balaban J connectivity index is 1.84. The summed E-state index contributed by atoms with van der Waals surface area (Å²) in [6, 6.07) is 6.01. The Morgan fingerprint density at radius 3 is 2.84 bits per heavy atom. The number of aryl methyl sites for hydroxylation is 1. The molecule has 0 aliphatic carbocycles. The molecule has 1 aromatic carbocycles.